The minimum atomic E-state index is 0.115. The van der Waals surface area contributed by atoms with E-state index >= 15 is 0 Å². The molecule has 2 aliphatic heterocycles. The summed E-state index contributed by atoms with van der Waals surface area (Å²) in [6.45, 7) is 2.21. The molecule has 1 amide bonds. The lowest BCUT2D eigenvalue weighted by Gasteiger charge is -2.41. The highest BCUT2D eigenvalue weighted by Gasteiger charge is 2.42. The zero-order chi connectivity index (χ0) is 19.3. The number of carbonyl (C=O) groups is 1. The van der Waals surface area contributed by atoms with Gasteiger partial charge < -0.3 is 15.2 Å². The fourth-order valence-corrected chi connectivity index (χ4v) is 5.72. The van der Waals surface area contributed by atoms with Crippen LogP contribution < -0.4 is 5.32 Å². The van der Waals surface area contributed by atoms with Crippen LogP contribution in [-0.2, 0) is 4.79 Å². The SMILES string of the molecule is CCCC(=S)N1C2CCC1CC(c1cc(NC(=O)C3CC3)nc3[nH]ccc13)C2. The van der Waals surface area contributed by atoms with E-state index in [9.17, 15) is 4.79 Å². The van der Waals surface area contributed by atoms with Crippen LogP contribution in [0.25, 0.3) is 11.0 Å². The Morgan fingerprint density at radius 2 is 2.04 bits per heavy atom. The summed E-state index contributed by atoms with van der Waals surface area (Å²) in [6.07, 6.45) is 10.9. The third-order valence-electron chi connectivity index (χ3n) is 6.68. The predicted octanol–water partition coefficient (Wildman–Crippen LogP) is 4.75. The molecule has 5 nitrogen and oxygen atoms in total. The number of nitrogens with one attached hydrogen (secondary N) is 2. The van der Waals surface area contributed by atoms with E-state index in [1.807, 2.05) is 6.20 Å². The average Bonchev–Trinajstić information content (AvgIpc) is 3.37. The second-order valence-electron chi connectivity index (χ2n) is 8.70. The van der Waals surface area contributed by atoms with Crippen molar-refractivity contribution in [1.82, 2.24) is 14.9 Å². The van der Waals surface area contributed by atoms with Gasteiger partial charge in [-0.1, -0.05) is 19.1 Å². The van der Waals surface area contributed by atoms with Crippen molar-refractivity contribution in [3.8, 4) is 0 Å². The first-order valence-electron chi connectivity index (χ1n) is 10.7. The van der Waals surface area contributed by atoms with Crippen molar-refractivity contribution in [1.29, 1.82) is 0 Å². The summed E-state index contributed by atoms with van der Waals surface area (Å²) in [7, 11) is 0. The third-order valence-corrected chi connectivity index (χ3v) is 7.10. The summed E-state index contributed by atoms with van der Waals surface area (Å²) in [5.74, 6) is 1.49. The van der Waals surface area contributed by atoms with Crippen LogP contribution in [-0.4, -0.2) is 37.8 Å². The molecule has 2 aromatic rings. The maximum absolute atomic E-state index is 12.2. The number of rotatable bonds is 5. The van der Waals surface area contributed by atoms with Crippen LogP contribution in [0, 0.1) is 5.92 Å². The summed E-state index contributed by atoms with van der Waals surface area (Å²) < 4.78 is 0. The number of nitrogens with zero attached hydrogens (tertiary/aromatic N) is 2. The second-order valence-corrected chi connectivity index (χ2v) is 9.18. The van der Waals surface area contributed by atoms with Gasteiger partial charge in [-0.25, -0.2) is 4.98 Å². The van der Waals surface area contributed by atoms with E-state index in [4.69, 9.17) is 12.2 Å². The monoisotopic (exact) mass is 396 g/mol. The van der Waals surface area contributed by atoms with Gasteiger partial charge in [-0.3, -0.25) is 4.79 Å². The Kier molecular flexibility index (Phi) is 4.62. The van der Waals surface area contributed by atoms with Gasteiger partial charge in [-0.2, -0.15) is 0 Å². The van der Waals surface area contributed by atoms with E-state index < -0.39 is 0 Å². The topological polar surface area (TPSA) is 61.0 Å². The zero-order valence-electron chi connectivity index (χ0n) is 16.4. The van der Waals surface area contributed by atoms with Crippen molar-refractivity contribution in [2.75, 3.05) is 5.32 Å². The minimum Gasteiger partial charge on any atom is -0.360 e. The maximum atomic E-state index is 12.2. The fourth-order valence-electron chi connectivity index (χ4n) is 5.22. The molecule has 0 radical (unpaired) electrons. The van der Waals surface area contributed by atoms with Crippen LogP contribution in [0.15, 0.2) is 18.3 Å². The molecule has 4 heterocycles. The molecule has 28 heavy (non-hydrogen) atoms. The van der Waals surface area contributed by atoms with Gasteiger partial charge in [0.2, 0.25) is 5.91 Å². The molecule has 2 N–H and O–H groups in total. The van der Waals surface area contributed by atoms with E-state index in [0.29, 0.717) is 23.8 Å². The molecule has 2 atom stereocenters. The Bertz CT molecular complexity index is 904. The number of thiocarbonyl (C=S) groups is 1. The zero-order valence-corrected chi connectivity index (χ0v) is 17.2. The fraction of sp³-hybridized carbons (Fsp3) is 0.591. The van der Waals surface area contributed by atoms with Gasteiger partial charge in [0.25, 0.3) is 0 Å². The molecular formula is C22H28N4OS. The molecule has 2 aromatic heterocycles. The quantitative estimate of drug-likeness (QED) is 0.716. The van der Waals surface area contributed by atoms with Crippen molar-refractivity contribution in [2.24, 2.45) is 5.92 Å². The summed E-state index contributed by atoms with van der Waals surface area (Å²) in [4.78, 5) is 23.9. The molecule has 0 spiro atoms. The van der Waals surface area contributed by atoms with Crippen molar-refractivity contribution >= 4 is 40.0 Å². The van der Waals surface area contributed by atoms with E-state index in [2.05, 4.69) is 39.2 Å². The Labute approximate surface area is 171 Å². The van der Waals surface area contributed by atoms with Crippen LogP contribution >= 0.6 is 12.2 Å². The van der Waals surface area contributed by atoms with E-state index in [-0.39, 0.29) is 11.8 Å². The largest absolute Gasteiger partial charge is 0.360 e. The van der Waals surface area contributed by atoms with Crippen LogP contribution in [0.2, 0.25) is 0 Å². The van der Waals surface area contributed by atoms with Crippen LogP contribution in [0.5, 0.6) is 0 Å². The Hall–Kier alpha value is -1.95. The summed E-state index contributed by atoms with van der Waals surface area (Å²) in [5.41, 5.74) is 2.20. The van der Waals surface area contributed by atoms with Gasteiger partial charge in [-0.15, -0.1) is 0 Å². The molecule has 148 valence electrons. The molecular weight excluding hydrogens is 368 g/mol. The number of H-pyrrole nitrogens is 1. The highest BCUT2D eigenvalue weighted by atomic mass is 32.1. The molecule has 1 saturated carbocycles. The standard InChI is InChI=1S/C22H28N4OS/c1-2-3-20(28)26-15-6-7-16(26)11-14(10-15)18-12-19(25-22(27)13-4-5-13)24-21-17(18)8-9-23-21/h8-9,12-16H,2-7,10-11H2,1H3,(H2,23,24,25,27). The first kappa shape index (κ1) is 18.1. The number of anilines is 1. The van der Waals surface area contributed by atoms with E-state index in [1.54, 1.807) is 0 Å². The summed E-state index contributed by atoms with van der Waals surface area (Å²) >= 11 is 5.75. The van der Waals surface area contributed by atoms with Gasteiger partial charge in [-0.05, 0) is 75.0 Å². The number of hydrogen-bond acceptors (Lipinski definition) is 3. The molecule has 2 bridgehead atoms. The highest BCUT2D eigenvalue weighted by molar-refractivity contribution is 7.80. The van der Waals surface area contributed by atoms with Gasteiger partial charge in [0.1, 0.15) is 11.5 Å². The first-order valence-corrected chi connectivity index (χ1v) is 11.1. The number of aromatic nitrogens is 2. The van der Waals surface area contributed by atoms with Crippen molar-refractivity contribution in [3.05, 3.63) is 23.9 Å². The molecule has 0 aromatic carbocycles. The molecule has 6 heteroatoms. The molecule has 3 aliphatic rings. The Morgan fingerprint density at radius 1 is 1.29 bits per heavy atom. The maximum Gasteiger partial charge on any atom is 0.228 e. The Morgan fingerprint density at radius 3 is 2.71 bits per heavy atom. The number of aromatic amines is 1. The van der Waals surface area contributed by atoms with Crippen molar-refractivity contribution in [2.45, 2.75) is 76.3 Å². The van der Waals surface area contributed by atoms with Gasteiger partial charge in [0.15, 0.2) is 0 Å². The van der Waals surface area contributed by atoms with E-state index in [1.165, 1.54) is 23.8 Å². The predicted molar refractivity (Wildman–Crippen MR) is 116 cm³/mol. The molecule has 2 saturated heterocycles. The highest BCUT2D eigenvalue weighted by Crippen LogP contribution is 2.45. The molecule has 1 aliphatic carbocycles. The van der Waals surface area contributed by atoms with Gasteiger partial charge in [0.05, 0.1) is 4.99 Å². The molecule has 2 unspecified atom stereocenters. The number of piperidine rings is 1. The third kappa shape index (κ3) is 3.21. The first-order chi connectivity index (χ1) is 13.6. The smallest absolute Gasteiger partial charge is 0.228 e. The normalized spacial score (nSPS) is 26.6. The van der Waals surface area contributed by atoms with Crippen LogP contribution in [0.1, 0.15) is 69.8 Å². The summed E-state index contributed by atoms with van der Waals surface area (Å²) in [5, 5.41) is 4.24. The van der Waals surface area contributed by atoms with Crippen molar-refractivity contribution in [3.63, 3.8) is 0 Å². The van der Waals surface area contributed by atoms with Crippen LogP contribution in [0.4, 0.5) is 5.82 Å². The number of fused-ring (bicyclic) bond motifs is 3. The lowest BCUT2D eigenvalue weighted by Crippen LogP contribution is -2.45. The number of pyridine rings is 1. The minimum absolute atomic E-state index is 0.115. The van der Waals surface area contributed by atoms with Gasteiger partial charge >= 0.3 is 0 Å². The Balaban J connectivity index is 1.42. The number of carbonyl (C=O) groups excluding carboxylic acids is 1. The van der Waals surface area contributed by atoms with Crippen molar-refractivity contribution < 1.29 is 4.79 Å². The molecule has 3 fully saturated rings. The van der Waals surface area contributed by atoms with Gasteiger partial charge in [0, 0.05) is 29.6 Å². The lowest BCUT2D eigenvalue weighted by molar-refractivity contribution is -0.117. The molecule has 5 rings (SSSR count). The lowest BCUT2D eigenvalue weighted by atomic mass is 9.84. The summed E-state index contributed by atoms with van der Waals surface area (Å²) in [6, 6.07) is 5.38. The average molecular weight is 397 g/mol. The number of hydrogen-bond donors (Lipinski definition) is 2. The second kappa shape index (κ2) is 7.14. The van der Waals surface area contributed by atoms with E-state index in [0.717, 1.165) is 49.2 Å². The van der Waals surface area contributed by atoms with Crippen LogP contribution in [0.3, 0.4) is 0 Å². The number of amides is 1.